The Balaban J connectivity index is 2.06. The van der Waals surface area contributed by atoms with E-state index in [1.54, 1.807) is 0 Å². The van der Waals surface area contributed by atoms with Crippen molar-refractivity contribution in [2.45, 2.75) is 75.1 Å². The Morgan fingerprint density at radius 1 is 0.805 bits per heavy atom. The van der Waals surface area contributed by atoms with Gasteiger partial charge in [0, 0.05) is 40.4 Å². The van der Waals surface area contributed by atoms with Gasteiger partial charge in [0.15, 0.2) is 0 Å². The first-order valence-corrected chi connectivity index (χ1v) is 15.4. The maximum atomic E-state index is 4.49. The number of pyridine rings is 2. The minimum Gasteiger partial charge on any atom is -0.264 e. The molecule has 0 aliphatic rings. The van der Waals surface area contributed by atoms with E-state index in [1.165, 1.54) is 82.2 Å². The number of aryl methyl sites for hydroxylation is 4. The minimum absolute atomic E-state index is 0.184. The van der Waals surface area contributed by atoms with E-state index in [0.29, 0.717) is 0 Å². The first kappa shape index (κ1) is 30.7. The van der Waals surface area contributed by atoms with Crippen LogP contribution in [0.1, 0.15) is 66.1 Å². The van der Waals surface area contributed by atoms with Gasteiger partial charge >= 0.3 is 0 Å². The average Bonchev–Trinajstić information content (AvgIpc) is 2.93. The fourth-order valence-electron chi connectivity index (χ4n) is 6.89. The molecule has 0 unspecified atom stereocenters. The number of hydrogen-bond donors (Lipinski definition) is 0. The summed E-state index contributed by atoms with van der Waals surface area (Å²) >= 11 is 3.94. The summed E-state index contributed by atoms with van der Waals surface area (Å²) in [5, 5.41) is 0. The predicted molar refractivity (Wildman–Crippen MR) is 183 cm³/mol. The Kier molecular flexibility index (Phi) is 9.86. The normalized spacial score (nSPS) is 12.4. The summed E-state index contributed by atoms with van der Waals surface area (Å²) in [4.78, 5) is 8.95. The first-order chi connectivity index (χ1) is 19.6. The van der Waals surface area contributed by atoms with Crippen molar-refractivity contribution < 1.29 is 0 Å². The molecule has 4 aromatic rings. The van der Waals surface area contributed by atoms with E-state index < -0.39 is 0 Å². The molecular weight excluding hydrogens is 563 g/mol. The van der Waals surface area contributed by atoms with Crippen molar-refractivity contribution in [3.63, 3.8) is 0 Å². The van der Waals surface area contributed by atoms with Gasteiger partial charge in [0.05, 0.1) is 0 Å². The second-order valence-electron chi connectivity index (χ2n) is 11.5. The van der Waals surface area contributed by atoms with Gasteiger partial charge in [-0.2, -0.15) is 0 Å². The molecule has 0 atom stereocenters. The smallest absolute Gasteiger partial charge is 0.214 e. The molecule has 2 nitrogen and oxygen atoms in total. The maximum Gasteiger partial charge on any atom is 0.214 e. The van der Waals surface area contributed by atoms with Crippen LogP contribution in [-0.2, 0) is 0 Å². The Hall–Kier alpha value is -3.24. The Labute approximate surface area is 256 Å². The van der Waals surface area contributed by atoms with Crippen molar-refractivity contribution in [2.75, 3.05) is 0 Å². The van der Waals surface area contributed by atoms with E-state index in [-0.39, 0.29) is 6.71 Å². The number of allylic oxidation sites excluding steroid dienone is 4. The molecule has 0 aliphatic heterocycles. The summed E-state index contributed by atoms with van der Waals surface area (Å²) in [6.07, 6.45) is 11.9. The Morgan fingerprint density at radius 3 is 2.00 bits per heavy atom. The van der Waals surface area contributed by atoms with Crippen LogP contribution >= 0.6 is 15.9 Å². The Bertz CT molecular complexity index is 1620. The molecule has 2 aromatic heterocycles. The molecule has 0 radical (unpaired) electrons. The molecule has 0 aliphatic carbocycles. The van der Waals surface area contributed by atoms with Crippen molar-refractivity contribution >= 4 is 39.1 Å². The number of hydrogen-bond acceptors (Lipinski definition) is 2. The van der Waals surface area contributed by atoms with Gasteiger partial charge in [-0.3, -0.25) is 9.97 Å². The molecule has 0 fully saturated rings. The molecule has 0 saturated carbocycles. The highest BCUT2D eigenvalue weighted by atomic mass is 79.9. The molecule has 2 heterocycles. The number of halogens is 1. The monoisotopic (exact) mass is 604 g/mol. The number of nitrogens with zero attached hydrogens (tertiary/aromatic N) is 2. The highest BCUT2D eigenvalue weighted by molar-refractivity contribution is 9.10. The lowest BCUT2D eigenvalue weighted by Crippen LogP contribution is -2.48. The topological polar surface area (TPSA) is 25.8 Å². The van der Waals surface area contributed by atoms with Gasteiger partial charge in [-0.15, -0.1) is 0 Å². The lowest BCUT2D eigenvalue weighted by molar-refractivity contribution is 1.19. The summed E-state index contributed by atoms with van der Waals surface area (Å²) in [5.41, 5.74) is 18.4. The van der Waals surface area contributed by atoms with Gasteiger partial charge in [0.25, 0.3) is 0 Å². The Morgan fingerprint density at radius 2 is 1.41 bits per heavy atom. The van der Waals surface area contributed by atoms with E-state index in [0.717, 1.165) is 12.7 Å². The summed E-state index contributed by atoms with van der Waals surface area (Å²) < 4.78 is 1.20. The van der Waals surface area contributed by atoms with Crippen LogP contribution in [0, 0.1) is 41.5 Å². The highest BCUT2D eigenvalue weighted by Crippen LogP contribution is 2.32. The van der Waals surface area contributed by atoms with E-state index >= 15 is 0 Å². The molecule has 4 rings (SSSR count). The SMILES string of the molecule is CC/C=C(C)\C(=C(\C)CB(c1c(C)cc(C)c(Br)c1C)c1c(C)cc(C)c(-c2cccnc2)c1C)c1cccnc1. The first-order valence-electron chi connectivity index (χ1n) is 14.6. The summed E-state index contributed by atoms with van der Waals surface area (Å²) in [6.45, 7) is 20.5. The molecule has 210 valence electrons. The second kappa shape index (κ2) is 13.2. The average molecular weight is 605 g/mol. The predicted octanol–water partition coefficient (Wildman–Crippen LogP) is 9.20. The molecule has 0 spiro atoms. The summed E-state index contributed by atoms with van der Waals surface area (Å²) in [7, 11) is 0. The van der Waals surface area contributed by atoms with E-state index in [2.05, 4.69) is 119 Å². The highest BCUT2D eigenvalue weighted by Gasteiger charge is 2.30. The molecule has 0 saturated heterocycles. The zero-order chi connectivity index (χ0) is 29.8. The number of benzene rings is 2. The fourth-order valence-corrected chi connectivity index (χ4v) is 7.22. The number of aromatic nitrogens is 2. The van der Waals surface area contributed by atoms with Crippen LogP contribution in [0.4, 0.5) is 0 Å². The fraction of sp³-hybridized carbons (Fsp3) is 0.297. The van der Waals surface area contributed by atoms with Crippen molar-refractivity contribution in [3.05, 3.63) is 122 Å². The van der Waals surface area contributed by atoms with Crippen LogP contribution < -0.4 is 10.9 Å². The van der Waals surface area contributed by atoms with Crippen LogP contribution in [0.5, 0.6) is 0 Å². The van der Waals surface area contributed by atoms with Crippen LogP contribution in [0.3, 0.4) is 0 Å². The van der Waals surface area contributed by atoms with Crippen molar-refractivity contribution in [1.82, 2.24) is 9.97 Å². The van der Waals surface area contributed by atoms with Crippen molar-refractivity contribution in [1.29, 1.82) is 0 Å². The number of rotatable bonds is 8. The molecule has 41 heavy (non-hydrogen) atoms. The van der Waals surface area contributed by atoms with Crippen molar-refractivity contribution in [2.24, 2.45) is 0 Å². The molecule has 2 aromatic carbocycles. The lowest BCUT2D eigenvalue weighted by Gasteiger charge is -2.28. The van der Waals surface area contributed by atoms with Gasteiger partial charge < -0.3 is 0 Å². The third-order valence-corrected chi connectivity index (χ3v) is 9.63. The third-order valence-electron chi connectivity index (χ3n) is 8.41. The van der Waals surface area contributed by atoms with E-state index in [4.69, 9.17) is 0 Å². The molecular formula is C37H42BBrN2. The quantitative estimate of drug-likeness (QED) is 0.148. The van der Waals surface area contributed by atoms with Gasteiger partial charge in [0.2, 0.25) is 6.71 Å². The van der Waals surface area contributed by atoms with E-state index in [1.807, 2.05) is 36.9 Å². The molecule has 0 bridgehead atoms. The third kappa shape index (κ3) is 6.33. The molecule has 0 N–H and O–H groups in total. The van der Waals surface area contributed by atoms with Gasteiger partial charge in [-0.1, -0.05) is 80.8 Å². The van der Waals surface area contributed by atoms with E-state index in [9.17, 15) is 0 Å². The van der Waals surface area contributed by atoms with Crippen molar-refractivity contribution in [3.8, 4) is 11.1 Å². The minimum atomic E-state index is 0.184. The summed E-state index contributed by atoms with van der Waals surface area (Å²) in [6, 6.07) is 13.2. The summed E-state index contributed by atoms with van der Waals surface area (Å²) in [5.74, 6) is 0. The van der Waals surface area contributed by atoms with Gasteiger partial charge in [-0.05, 0) is 119 Å². The largest absolute Gasteiger partial charge is 0.264 e. The van der Waals surface area contributed by atoms with Gasteiger partial charge in [-0.25, -0.2) is 0 Å². The van der Waals surface area contributed by atoms with Gasteiger partial charge in [0.1, 0.15) is 0 Å². The maximum absolute atomic E-state index is 4.49. The zero-order valence-corrected chi connectivity index (χ0v) is 27.7. The molecule has 0 amide bonds. The van der Waals surface area contributed by atoms with Crippen LogP contribution in [0.15, 0.2) is 82.9 Å². The molecule has 4 heteroatoms. The zero-order valence-electron chi connectivity index (χ0n) is 26.1. The standard InChI is InChI=1S/C37H42BBrN2/c1-10-13-23(2)33(31-14-11-16-40-21-31)28(7)20-38(36-26(5)19-27(6)37(39)30(36)9)35-25(4)18-24(3)34(29(35)8)32-15-12-17-41-22-32/h11-19,21-22H,10,20H2,1-9H3/b23-13-,33-28+. The van der Waals surface area contributed by atoms with Crippen LogP contribution in [0.25, 0.3) is 16.7 Å². The van der Waals surface area contributed by atoms with Crippen LogP contribution in [0.2, 0.25) is 6.32 Å². The van der Waals surface area contributed by atoms with Crippen LogP contribution in [-0.4, -0.2) is 16.7 Å². The second-order valence-corrected chi connectivity index (χ2v) is 12.3. The lowest BCUT2D eigenvalue weighted by atomic mass is 9.34.